The summed E-state index contributed by atoms with van der Waals surface area (Å²) in [5, 5.41) is 8.49. The van der Waals surface area contributed by atoms with Gasteiger partial charge in [0, 0.05) is 11.0 Å². The fraction of sp³-hybridized carbons (Fsp3) is 0.364. The van der Waals surface area contributed by atoms with Crippen molar-refractivity contribution < 1.29 is 4.79 Å². The number of carbonyl (C=O) groups excluding carboxylic acids is 1. The zero-order chi connectivity index (χ0) is 12.8. The molecule has 0 aliphatic rings. The van der Waals surface area contributed by atoms with Gasteiger partial charge in [-0.25, -0.2) is 0 Å². The third-order valence-corrected chi connectivity index (χ3v) is 2.69. The molecule has 1 amide bonds. The predicted molar refractivity (Wildman–Crippen MR) is 65.2 cm³/mol. The summed E-state index contributed by atoms with van der Waals surface area (Å²) in [5.41, 5.74) is 5.88. The van der Waals surface area contributed by atoms with Gasteiger partial charge in [0.15, 0.2) is 5.65 Å². The Balaban J connectivity index is 2.76. The molecule has 5 nitrogen and oxygen atoms in total. The molecular weight excluding hydrogens is 240 g/mol. The Morgan fingerprint density at radius 1 is 1.35 bits per heavy atom. The van der Waals surface area contributed by atoms with Crippen LogP contribution in [0.15, 0.2) is 12.1 Å². The highest BCUT2D eigenvalue weighted by molar-refractivity contribution is 6.30. The maximum absolute atomic E-state index is 11.1. The van der Waals surface area contributed by atoms with Gasteiger partial charge >= 0.3 is 0 Å². The Morgan fingerprint density at radius 2 is 2.00 bits per heavy atom. The SMILES string of the molecule is CC(C)(C)c1nnc2cc(C(N)=O)cc(Cl)n12. The van der Waals surface area contributed by atoms with Crippen molar-refractivity contribution in [1.29, 1.82) is 0 Å². The van der Waals surface area contributed by atoms with Crippen LogP contribution in [0.3, 0.4) is 0 Å². The summed E-state index contributed by atoms with van der Waals surface area (Å²) in [6, 6.07) is 3.10. The summed E-state index contributed by atoms with van der Waals surface area (Å²) in [6.45, 7) is 6.05. The fourth-order valence-electron chi connectivity index (χ4n) is 1.60. The lowest BCUT2D eigenvalue weighted by Crippen LogP contribution is -2.17. The standard InChI is InChI=1S/C11H13ClN4O/c1-11(2,3)10-15-14-8-5-6(9(13)17)4-7(12)16(8)10/h4-5H,1-3H3,(H2,13,17). The molecule has 0 aromatic carbocycles. The lowest BCUT2D eigenvalue weighted by Gasteiger charge is -2.16. The van der Waals surface area contributed by atoms with Gasteiger partial charge in [0.25, 0.3) is 0 Å². The van der Waals surface area contributed by atoms with Crippen molar-refractivity contribution in [2.24, 2.45) is 5.73 Å². The Labute approximate surface area is 104 Å². The van der Waals surface area contributed by atoms with E-state index in [1.807, 2.05) is 20.8 Å². The molecule has 0 fully saturated rings. The molecule has 90 valence electrons. The fourth-order valence-corrected chi connectivity index (χ4v) is 1.89. The molecule has 2 rings (SSSR count). The maximum Gasteiger partial charge on any atom is 0.248 e. The van der Waals surface area contributed by atoms with Crippen molar-refractivity contribution in [2.75, 3.05) is 0 Å². The van der Waals surface area contributed by atoms with Gasteiger partial charge in [0.1, 0.15) is 11.0 Å². The monoisotopic (exact) mass is 252 g/mol. The Kier molecular flexibility index (Phi) is 2.58. The van der Waals surface area contributed by atoms with E-state index in [2.05, 4.69) is 10.2 Å². The molecule has 2 aromatic heterocycles. The van der Waals surface area contributed by atoms with Gasteiger partial charge in [0.05, 0.1) is 0 Å². The number of pyridine rings is 1. The third-order valence-electron chi connectivity index (χ3n) is 2.42. The Morgan fingerprint density at radius 3 is 2.53 bits per heavy atom. The minimum Gasteiger partial charge on any atom is -0.366 e. The number of amides is 1. The van der Waals surface area contributed by atoms with E-state index in [0.717, 1.165) is 5.82 Å². The number of primary amides is 1. The van der Waals surface area contributed by atoms with E-state index < -0.39 is 5.91 Å². The molecule has 0 atom stereocenters. The zero-order valence-corrected chi connectivity index (χ0v) is 10.6. The number of halogens is 1. The van der Waals surface area contributed by atoms with Gasteiger partial charge in [-0.3, -0.25) is 9.20 Å². The number of fused-ring (bicyclic) bond motifs is 1. The number of aromatic nitrogens is 3. The number of nitrogens with zero attached hydrogens (tertiary/aromatic N) is 3. The van der Waals surface area contributed by atoms with Crippen LogP contribution in [0.2, 0.25) is 5.15 Å². The first-order chi connectivity index (χ1) is 7.80. The van der Waals surface area contributed by atoms with Crippen LogP contribution in [0.4, 0.5) is 0 Å². The van der Waals surface area contributed by atoms with E-state index in [1.54, 1.807) is 10.5 Å². The predicted octanol–water partition coefficient (Wildman–Crippen LogP) is 1.78. The molecule has 2 aromatic rings. The number of hydrogen-bond acceptors (Lipinski definition) is 3. The van der Waals surface area contributed by atoms with Crippen molar-refractivity contribution in [3.8, 4) is 0 Å². The minimum atomic E-state index is -0.533. The van der Waals surface area contributed by atoms with E-state index in [0.29, 0.717) is 16.4 Å². The van der Waals surface area contributed by atoms with E-state index in [-0.39, 0.29) is 5.41 Å². The zero-order valence-electron chi connectivity index (χ0n) is 9.86. The average molecular weight is 253 g/mol. The van der Waals surface area contributed by atoms with Crippen LogP contribution in [0, 0.1) is 0 Å². The Hall–Kier alpha value is -1.62. The maximum atomic E-state index is 11.1. The van der Waals surface area contributed by atoms with Crippen LogP contribution in [0.5, 0.6) is 0 Å². The molecular formula is C11H13ClN4O. The van der Waals surface area contributed by atoms with Crippen molar-refractivity contribution in [2.45, 2.75) is 26.2 Å². The second kappa shape index (κ2) is 3.70. The topological polar surface area (TPSA) is 73.3 Å². The van der Waals surface area contributed by atoms with Crippen LogP contribution in [-0.2, 0) is 5.41 Å². The molecule has 17 heavy (non-hydrogen) atoms. The van der Waals surface area contributed by atoms with Crippen LogP contribution < -0.4 is 5.73 Å². The van der Waals surface area contributed by atoms with E-state index in [9.17, 15) is 4.79 Å². The molecule has 0 aliphatic heterocycles. The highest BCUT2D eigenvalue weighted by Crippen LogP contribution is 2.25. The van der Waals surface area contributed by atoms with E-state index in [1.165, 1.54) is 6.07 Å². The molecule has 0 unspecified atom stereocenters. The highest BCUT2D eigenvalue weighted by Gasteiger charge is 2.22. The van der Waals surface area contributed by atoms with Crippen molar-refractivity contribution in [3.63, 3.8) is 0 Å². The van der Waals surface area contributed by atoms with Gasteiger partial charge < -0.3 is 5.73 Å². The molecule has 6 heteroatoms. The molecule has 0 saturated carbocycles. The van der Waals surface area contributed by atoms with Gasteiger partial charge in [-0.1, -0.05) is 32.4 Å². The summed E-state index contributed by atoms with van der Waals surface area (Å²) >= 11 is 6.13. The lowest BCUT2D eigenvalue weighted by atomic mass is 9.96. The molecule has 2 N–H and O–H groups in total. The largest absolute Gasteiger partial charge is 0.366 e. The first-order valence-corrected chi connectivity index (χ1v) is 5.53. The summed E-state index contributed by atoms with van der Waals surface area (Å²) in [6.07, 6.45) is 0. The van der Waals surface area contributed by atoms with Gasteiger partial charge in [-0.2, -0.15) is 0 Å². The van der Waals surface area contributed by atoms with Gasteiger partial charge in [-0.05, 0) is 12.1 Å². The van der Waals surface area contributed by atoms with Crippen LogP contribution in [0.1, 0.15) is 37.0 Å². The van der Waals surface area contributed by atoms with Crippen molar-refractivity contribution >= 4 is 23.2 Å². The summed E-state index contributed by atoms with van der Waals surface area (Å²) < 4.78 is 1.72. The molecule has 0 radical (unpaired) electrons. The van der Waals surface area contributed by atoms with Crippen molar-refractivity contribution in [3.05, 3.63) is 28.7 Å². The first kappa shape index (κ1) is 11.9. The normalized spacial score (nSPS) is 12.0. The van der Waals surface area contributed by atoms with E-state index in [4.69, 9.17) is 17.3 Å². The Bertz CT molecular complexity index is 597. The van der Waals surface area contributed by atoms with Crippen LogP contribution in [0.25, 0.3) is 5.65 Å². The number of hydrogen-bond donors (Lipinski definition) is 1. The summed E-state index contributed by atoms with van der Waals surface area (Å²) in [4.78, 5) is 11.1. The van der Waals surface area contributed by atoms with Gasteiger partial charge in [0.2, 0.25) is 5.91 Å². The highest BCUT2D eigenvalue weighted by atomic mass is 35.5. The second-order valence-corrected chi connectivity index (χ2v) is 5.29. The van der Waals surface area contributed by atoms with E-state index >= 15 is 0 Å². The third kappa shape index (κ3) is 1.98. The first-order valence-electron chi connectivity index (χ1n) is 5.15. The van der Waals surface area contributed by atoms with Crippen molar-refractivity contribution in [1.82, 2.24) is 14.6 Å². The molecule has 0 spiro atoms. The second-order valence-electron chi connectivity index (χ2n) is 4.90. The van der Waals surface area contributed by atoms with Gasteiger partial charge in [-0.15, -0.1) is 10.2 Å². The number of rotatable bonds is 1. The average Bonchev–Trinajstić information content (AvgIpc) is 2.60. The number of nitrogens with two attached hydrogens (primary N) is 1. The number of carbonyl (C=O) groups is 1. The van der Waals surface area contributed by atoms with Crippen LogP contribution >= 0.6 is 11.6 Å². The molecule has 0 aliphatic carbocycles. The molecule has 0 saturated heterocycles. The molecule has 0 bridgehead atoms. The van der Waals surface area contributed by atoms with Crippen LogP contribution in [-0.4, -0.2) is 20.5 Å². The smallest absolute Gasteiger partial charge is 0.248 e. The summed E-state index contributed by atoms with van der Waals surface area (Å²) in [5.74, 6) is 0.211. The summed E-state index contributed by atoms with van der Waals surface area (Å²) in [7, 11) is 0. The quantitative estimate of drug-likeness (QED) is 0.787. The molecule has 2 heterocycles. The lowest BCUT2D eigenvalue weighted by molar-refractivity contribution is 0.100. The minimum absolute atomic E-state index is 0.183.